The van der Waals surface area contributed by atoms with Gasteiger partial charge in [-0.1, -0.05) is 29.5 Å². The molecule has 2 aromatic heterocycles. The number of hydrogen-bond acceptors (Lipinski definition) is 6. The van der Waals surface area contributed by atoms with E-state index in [2.05, 4.69) is 25.8 Å². The molecule has 0 unspecified atom stereocenters. The maximum absolute atomic E-state index is 12.6. The highest BCUT2D eigenvalue weighted by Gasteiger charge is 2.30. The molecule has 5 rings (SSSR count). The number of ether oxygens (including phenoxy) is 1. The zero-order valence-electron chi connectivity index (χ0n) is 14.1. The van der Waals surface area contributed by atoms with Crippen LogP contribution in [0.5, 0.6) is 5.75 Å². The van der Waals surface area contributed by atoms with Gasteiger partial charge in [-0.05, 0) is 25.0 Å². The first kappa shape index (κ1) is 16.0. The topological polar surface area (TPSA) is 109 Å². The van der Waals surface area contributed by atoms with E-state index in [4.69, 9.17) is 4.74 Å². The summed E-state index contributed by atoms with van der Waals surface area (Å²) < 4.78 is 6.31. The van der Waals surface area contributed by atoms with E-state index < -0.39 is 0 Å². The van der Waals surface area contributed by atoms with Gasteiger partial charge in [0.05, 0.1) is 5.57 Å². The summed E-state index contributed by atoms with van der Waals surface area (Å²) in [6.07, 6.45) is 3.67. The van der Waals surface area contributed by atoms with Crippen LogP contribution in [0.15, 0.2) is 29.8 Å². The first-order valence-electron chi connectivity index (χ1n) is 8.57. The summed E-state index contributed by atoms with van der Waals surface area (Å²) in [6.45, 7) is 0.196. The Morgan fingerprint density at radius 3 is 2.93 bits per heavy atom. The highest BCUT2D eigenvalue weighted by molar-refractivity contribution is 7.22. The molecule has 8 nitrogen and oxygen atoms in total. The molecule has 27 heavy (non-hydrogen) atoms. The van der Waals surface area contributed by atoms with E-state index >= 15 is 0 Å². The molecular formula is C18H15N5O3S. The number of H-pyrrole nitrogens is 1. The van der Waals surface area contributed by atoms with E-state index in [-0.39, 0.29) is 24.3 Å². The van der Waals surface area contributed by atoms with E-state index in [0.717, 1.165) is 24.2 Å². The number of nitrogens with one attached hydrogen (secondary N) is 3. The summed E-state index contributed by atoms with van der Waals surface area (Å²) in [6, 6.07) is 7.55. The molecule has 1 saturated carbocycles. The fourth-order valence-electron chi connectivity index (χ4n) is 2.84. The number of carbonyl (C=O) groups excluding carboxylic acids is 2. The fraction of sp³-hybridized carbons (Fsp3) is 0.222. The minimum atomic E-state index is -0.283. The van der Waals surface area contributed by atoms with Crippen molar-refractivity contribution in [1.82, 2.24) is 15.2 Å². The average molecular weight is 381 g/mol. The molecule has 0 radical (unpaired) electrons. The largest absolute Gasteiger partial charge is 0.488 e. The molecule has 0 atom stereocenters. The number of hydrogen-bond donors (Lipinski definition) is 3. The molecule has 1 aliphatic heterocycles. The number of aromatic nitrogens is 3. The molecule has 2 amide bonds. The quantitative estimate of drug-likeness (QED) is 0.644. The summed E-state index contributed by atoms with van der Waals surface area (Å²) in [5, 5.41) is 13.0. The number of carbonyl (C=O) groups is 2. The molecule has 3 N–H and O–H groups in total. The molecule has 9 heteroatoms. The van der Waals surface area contributed by atoms with Crippen LogP contribution in [-0.2, 0) is 9.59 Å². The minimum absolute atomic E-state index is 0.00637. The number of nitrogens with zero attached hydrogens (tertiary/aromatic N) is 2. The van der Waals surface area contributed by atoms with E-state index in [0.29, 0.717) is 26.9 Å². The average Bonchev–Trinajstić information content (AvgIpc) is 3.37. The van der Waals surface area contributed by atoms with E-state index in [1.165, 1.54) is 11.3 Å². The second kappa shape index (κ2) is 6.20. The van der Waals surface area contributed by atoms with Crippen LogP contribution in [-0.4, -0.2) is 33.6 Å². The third kappa shape index (κ3) is 3.06. The zero-order chi connectivity index (χ0) is 18.4. The van der Waals surface area contributed by atoms with Crippen LogP contribution in [0, 0.1) is 5.92 Å². The Labute approximate surface area is 157 Å². The second-order valence-electron chi connectivity index (χ2n) is 6.48. The van der Waals surface area contributed by atoms with E-state index in [1.54, 1.807) is 0 Å². The van der Waals surface area contributed by atoms with Crippen LogP contribution in [0.2, 0.25) is 0 Å². The smallest absolute Gasteiger partial charge is 0.256 e. The van der Waals surface area contributed by atoms with Crippen LogP contribution < -0.4 is 15.4 Å². The van der Waals surface area contributed by atoms with Crippen molar-refractivity contribution in [3.63, 3.8) is 0 Å². The van der Waals surface area contributed by atoms with Crippen molar-refractivity contribution in [3.8, 4) is 5.75 Å². The molecule has 2 aliphatic rings. The molecule has 1 aromatic carbocycles. The third-order valence-corrected chi connectivity index (χ3v) is 5.43. The number of aromatic amines is 1. The molecule has 0 bridgehead atoms. The van der Waals surface area contributed by atoms with Crippen LogP contribution in [0.25, 0.3) is 16.4 Å². The van der Waals surface area contributed by atoms with Crippen molar-refractivity contribution in [1.29, 1.82) is 0 Å². The van der Waals surface area contributed by atoms with Crippen molar-refractivity contribution in [2.45, 2.75) is 12.8 Å². The molecule has 3 aromatic rings. The maximum atomic E-state index is 12.6. The number of amides is 2. The maximum Gasteiger partial charge on any atom is 0.256 e. The minimum Gasteiger partial charge on any atom is -0.488 e. The first-order chi connectivity index (χ1) is 13.2. The molecule has 0 saturated heterocycles. The van der Waals surface area contributed by atoms with Crippen molar-refractivity contribution in [3.05, 3.63) is 35.4 Å². The Hall–Kier alpha value is -3.20. The van der Waals surface area contributed by atoms with E-state index in [9.17, 15) is 9.59 Å². The molecule has 1 fully saturated rings. The van der Waals surface area contributed by atoms with Gasteiger partial charge in [0.25, 0.3) is 5.91 Å². The summed E-state index contributed by atoms with van der Waals surface area (Å²) in [5.41, 5.74) is 1.90. The van der Waals surface area contributed by atoms with Crippen LogP contribution in [0.4, 0.5) is 10.9 Å². The Morgan fingerprint density at radius 1 is 1.22 bits per heavy atom. The van der Waals surface area contributed by atoms with Gasteiger partial charge in [0.1, 0.15) is 17.1 Å². The lowest BCUT2D eigenvalue weighted by Crippen LogP contribution is -2.21. The number of anilines is 2. The molecule has 1 aliphatic carbocycles. The van der Waals surface area contributed by atoms with Crippen molar-refractivity contribution >= 4 is 50.5 Å². The lowest BCUT2D eigenvalue weighted by Gasteiger charge is -2.16. The number of benzene rings is 1. The summed E-state index contributed by atoms with van der Waals surface area (Å²) in [4.78, 5) is 28.8. The Balaban J connectivity index is 1.35. The van der Waals surface area contributed by atoms with Crippen LogP contribution in [0.1, 0.15) is 18.4 Å². The van der Waals surface area contributed by atoms with Crippen LogP contribution in [0.3, 0.4) is 0 Å². The normalized spacial score (nSPS) is 15.6. The van der Waals surface area contributed by atoms with Crippen molar-refractivity contribution < 1.29 is 14.3 Å². The fourth-order valence-corrected chi connectivity index (χ4v) is 3.71. The van der Waals surface area contributed by atoms with Gasteiger partial charge >= 0.3 is 0 Å². The van der Waals surface area contributed by atoms with E-state index in [1.807, 2.05) is 30.3 Å². The summed E-state index contributed by atoms with van der Waals surface area (Å²) in [5.74, 6) is 0.961. The highest BCUT2D eigenvalue weighted by atomic mass is 32.1. The molecule has 0 spiro atoms. The van der Waals surface area contributed by atoms with Gasteiger partial charge in [-0.25, -0.2) is 4.98 Å². The Bertz CT molecular complexity index is 1100. The standard InChI is InChI=1S/C18H15N5O3S/c24-16(9-5-6-9)21-18-20-15-13(27-18)14(22-23-15)19-17(25)11-7-10-3-1-2-4-12(10)26-8-11/h1-4,7,9H,5-6,8H2,(H3,19,20,21,22,23,24,25). The predicted molar refractivity (Wildman–Crippen MR) is 102 cm³/mol. The van der Waals surface area contributed by atoms with Crippen molar-refractivity contribution in [2.24, 2.45) is 5.92 Å². The van der Waals surface area contributed by atoms with Gasteiger partial charge in [-0.15, -0.1) is 0 Å². The van der Waals surface area contributed by atoms with Gasteiger partial charge in [0.15, 0.2) is 16.6 Å². The Kier molecular flexibility index (Phi) is 3.68. The lowest BCUT2D eigenvalue weighted by atomic mass is 10.1. The molecular weight excluding hydrogens is 366 g/mol. The van der Waals surface area contributed by atoms with Crippen molar-refractivity contribution in [2.75, 3.05) is 17.2 Å². The number of para-hydroxylation sites is 1. The predicted octanol–water partition coefficient (Wildman–Crippen LogP) is 2.78. The van der Waals surface area contributed by atoms with Crippen LogP contribution >= 0.6 is 11.3 Å². The summed E-state index contributed by atoms with van der Waals surface area (Å²) >= 11 is 1.28. The molecule has 136 valence electrons. The van der Waals surface area contributed by atoms with Gasteiger partial charge in [-0.3, -0.25) is 14.7 Å². The van der Waals surface area contributed by atoms with Gasteiger partial charge in [-0.2, -0.15) is 5.10 Å². The number of fused-ring (bicyclic) bond motifs is 2. The van der Waals surface area contributed by atoms with Gasteiger partial charge in [0, 0.05) is 11.5 Å². The highest BCUT2D eigenvalue weighted by Crippen LogP contribution is 2.34. The second-order valence-corrected chi connectivity index (χ2v) is 7.48. The SMILES string of the molecule is O=C(Nc1n[nH]c2nc(NC(=O)C3CC3)sc12)C1=Cc2ccccc2OC1. The number of thiazole rings is 1. The zero-order valence-corrected chi connectivity index (χ0v) is 14.9. The van der Waals surface area contributed by atoms with Gasteiger partial charge < -0.3 is 15.4 Å². The monoisotopic (exact) mass is 381 g/mol. The Morgan fingerprint density at radius 2 is 2.07 bits per heavy atom. The summed E-state index contributed by atoms with van der Waals surface area (Å²) in [7, 11) is 0. The lowest BCUT2D eigenvalue weighted by molar-refractivity contribution is -0.117. The first-order valence-corrected chi connectivity index (χ1v) is 9.38. The number of rotatable bonds is 4. The third-order valence-electron chi connectivity index (χ3n) is 4.45. The molecule has 3 heterocycles. The van der Waals surface area contributed by atoms with Gasteiger partial charge in [0.2, 0.25) is 5.91 Å².